The fourth-order valence-electron chi connectivity index (χ4n) is 1.88. The zero-order valence-corrected chi connectivity index (χ0v) is 12.5. The van der Waals surface area contributed by atoms with Gasteiger partial charge in [0.1, 0.15) is 5.69 Å². The number of amides is 1. The molecule has 108 valence electrons. The molecule has 0 aliphatic carbocycles. The smallest absolute Gasteiger partial charge is 0.292 e. The van der Waals surface area contributed by atoms with Gasteiger partial charge in [0.2, 0.25) is 5.76 Å². The van der Waals surface area contributed by atoms with Gasteiger partial charge in [-0.15, -0.1) is 0 Å². The van der Waals surface area contributed by atoms with Gasteiger partial charge in [-0.3, -0.25) is 4.79 Å². The standard InChI is InChI=1S/C15H14ClN3O2/c1-10(8-17)9-19(2)15(20)14-7-13(18-21-14)11-4-3-5-12(16)6-11/h3-7,10H,9H2,1-2H3/t10-/m0/s1. The van der Waals surface area contributed by atoms with Crippen LogP contribution in [0, 0.1) is 17.2 Å². The third-order valence-electron chi connectivity index (χ3n) is 2.96. The van der Waals surface area contributed by atoms with Crippen molar-refractivity contribution in [3.63, 3.8) is 0 Å². The van der Waals surface area contributed by atoms with Gasteiger partial charge in [0, 0.05) is 30.2 Å². The van der Waals surface area contributed by atoms with Crippen LogP contribution in [0.2, 0.25) is 5.02 Å². The number of nitrogens with zero attached hydrogens (tertiary/aromatic N) is 3. The molecule has 1 heterocycles. The van der Waals surface area contributed by atoms with Crippen LogP contribution in [-0.4, -0.2) is 29.6 Å². The SMILES string of the molecule is C[C@@H](C#N)CN(C)C(=O)c1cc(-c2cccc(Cl)c2)no1. The van der Waals surface area contributed by atoms with Gasteiger partial charge in [0.25, 0.3) is 5.91 Å². The molecule has 0 aliphatic heterocycles. The highest BCUT2D eigenvalue weighted by Gasteiger charge is 2.19. The maximum Gasteiger partial charge on any atom is 0.292 e. The van der Waals surface area contributed by atoms with Crippen LogP contribution in [0.3, 0.4) is 0 Å². The predicted octanol–water partition coefficient (Wildman–Crippen LogP) is 3.23. The minimum Gasteiger partial charge on any atom is -0.350 e. The van der Waals surface area contributed by atoms with E-state index in [2.05, 4.69) is 11.2 Å². The summed E-state index contributed by atoms with van der Waals surface area (Å²) in [5, 5.41) is 13.2. The van der Waals surface area contributed by atoms with Crippen molar-refractivity contribution in [3.8, 4) is 17.3 Å². The van der Waals surface area contributed by atoms with E-state index in [0.29, 0.717) is 17.3 Å². The number of hydrogen-bond acceptors (Lipinski definition) is 4. The Hall–Kier alpha value is -2.32. The molecule has 1 atom stereocenters. The summed E-state index contributed by atoms with van der Waals surface area (Å²) in [6.45, 7) is 2.09. The highest BCUT2D eigenvalue weighted by Crippen LogP contribution is 2.22. The molecule has 0 unspecified atom stereocenters. The van der Waals surface area contributed by atoms with Gasteiger partial charge in [0.15, 0.2) is 0 Å². The predicted molar refractivity (Wildman–Crippen MR) is 78.7 cm³/mol. The fraction of sp³-hybridized carbons (Fsp3) is 0.267. The van der Waals surface area contributed by atoms with Crippen LogP contribution >= 0.6 is 11.6 Å². The molecule has 0 saturated heterocycles. The van der Waals surface area contributed by atoms with Gasteiger partial charge >= 0.3 is 0 Å². The molecule has 0 bridgehead atoms. The Morgan fingerprint density at radius 3 is 2.95 bits per heavy atom. The molecule has 21 heavy (non-hydrogen) atoms. The van der Waals surface area contributed by atoms with Crippen molar-refractivity contribution in [3.05, 3.63) is 41.1 Å². The van der Waals surface area contributed by atoms with Crippen LogP contribution in [0.25, 0.3) is 11.3 Å². The molecule has 6 heteroatoms. The molecular weight excluding hydrogens is 290 g/mol. The first-order valence-electron chi connectivity index (χ1n) is 6.39. The highest BCUT2D eigenvalue weighted by molar-refractivity contribution is 6.30. The summed E-state index contributed by atoms with van der Waals surface area (Å²) in [6, 6.07) is 10.8. The molecule has 1 amide bonds. The van der Waals surface area contributed by atoms with E-state index < -0.39 is 0 Å². The molecule has 0 aliphatic rings. The lowest BCUT2D eigenvalue weighted by atomic mass is 10.1. The summed E-state index contributed by atoms with van der Waals surface area (Å²) in [5.74, 6) is -0.412. The largest absolute Gasteiger partial charge is 0.350 e. The number of halogens is 1. The second kappa shape index (κ2) is 6.42. The van der Waals surface area contributed by atoms with Crippen LogP contribution in [0.5, 0.6) is 0 Å². The third kappa shape index (κ3) is 3.61. The van der Waals surface area contributed by atoms with Gasteiger partial charge in [-0.1, -0.05) is 28.9 Å². The topological polar surface area (TPSA) is 70.1 Å². The van der Waals surface area contributed by atoms with E-state index in [9.17, 15) is 4.79 Å². The van der Waals surface area contributed by atoms with Crippen molar-refractivity contribution in [1.29, 1.82) is 5.26 Å². The summed E-state index contributed by atoms with van der Waals surface area (Å²) in [5.41, 5.74) is 1.32. The number of carbonyl (C=O) groups excluding carboxylic acids is 1. The lowest BCUT2D eigenvalue weighted by Crippen LogP contribution is -2.30. The van der Waals surface area contributed by atoms with Gasteiger partial charge < -0.3 is 9.42 Å². The summed E-state index contributed by atoms with van der Waals surface area (Å²) >= 11 is 5.92. The van der Waals surface area contributed by atoms with Crippen molar-refractivity contribution in [2.24, 2.45) is 5.92 Å². The Bertz CT molecular complexity index is 690. The first kappa shape index (κ1) is 15.1. The van der Waals surface area contributed by atoms with Crippen molar-refractivity contribution >= 4 is 17.5 Å². The Labute approximate surface area is 127 Å². The molecule has 1 aromatic carbocycles. The second-order valence-corrected chi connectivity index (χ2v) is 5.24. The lowest BCUT2D eigenvalue weighted by molar-refractivity contribution is 0.0744. The zero-order chi connectivity index (χ0) is 15.4. The summed E-state index contributed by atoms with van der Waals surface area (Å²) in [6.07, 6.45) is 0. The van der Waals surface area contributed by atoms with Crippen LogP contribution in [0.1, 0.15) is 17.5 Å². The molecule has 0 saturated carbocycles. The number of hydrogen-bond donors (Lipinski definition) is 0. The van der Waals surface area contributed by atoms with Crippen LogP contribution in [0.15, 0.2) is 34.9 Å². The Balaban J connectivity index is 2.16. The van der Waals surface area contributed by atoms with E-state index in [0.717, 1.165) is 5.56 Å². The zero-order valence-electron chi connectivity index (χ0n) is 11.7. The molecule has 2 aromatic rings. The Kier molecular flexibility index (Phi) is 4.61. The van der Waals surface area contributed by atoms with Gasteiger partial charge in [-0.2, -0.15) is 5.26 Å². The monoisotopic (exact) mass is 303 g/mol. The summed E-state index contributed by atoms with van der Waals surface area (Å²) in [4.78, 5) is 13.6. The normalized spacial score (nSPS) is 11.7. The average molecular weight is 304 g/mol. The molecule has 5 nitrogen and oxygen atoms in total. The van der Waals surface area contributed by atoms with Gasteiger partial charge in [0.05, 0.1) is 12.0 Å². The molecule has 1 aromatic heterocycles. The summed E-state index contributed by atoms with van der Waals surface area (Å²) in [7, 11) is 1.62. The van der Waals surface area contributed by atoms with Crippen molar-refractivity contribution in [2.45, 2.75) is 6.92 Å². The lowest BCUT2D eigenvalue weighted by Gasteiger charge is -2.16. The van der Waals surface area contributed by atoms with E-state index in [1.165, 1.54) is 4.90 Å². The number of carbonyl (C=O) groups is 1. The molecule has 0 radical (unpaired) electrons. The maximum absolute atomic E-state index is 12.2. The quantitative estimate of drug-likeness (QED) is 0.869. The molecule has 0 N–H and O–H groups in total. The number of aromatic nitrogens is 1. The Morgan fingerprint density at radius 2 is 2.29 bits per heavy atom. The van der Waals surface area contributed by atoms with Crippen molar-refractivity contribution in [2.75, 3.05) is 13.6 Å². The first-order valence-corrected chi connectivity index (χ1v) is 6.77. The fourth-order valence-corrected chi connectivity index (χ4v) is 2.07. The molecule has 0 fully saturated rings. The number of rotatable bonds is 4. The van der Waals surface area contributed by atoms with Crippen LogP contribution in [-0.2, 0) is 0 Å². The average Bonchev–Trinajstić information content (AvgIpc) is 2.96. The van der Waals surface area contributed by atoms with Gasteiger partial charge in [-0.25, -0.2) is 0 Å². The first-order chi connectivity index (χ1) is 10.0. The maximum atomic E-state index is 12.2. The van der Waals surface area contributed by atoms with Crippen LogP contribution in [0.4, 0.5) is 0 Å². The molecular formula is C15H14ClN3O2. The van der Waals surface area contributed by atoms with E-state index in [1.54, 1.807) is 38.2 Å². The Morgan fingerprint density at radius 1 is 1.52 bits per heavy atom. The van der Waals surface area contributed by atoms with Crippen LogP contribution < -0.4 is 0 Å². The number of benzene rings is 1. The van der Waals surface area contributed by atoms with E-state index in [1.807, 2.05) is 6.07 Å². The second-order valence-electron chi connectivity index (χ2n) is 4.80. The minimum absolute atomic E-state index is 0.137. The minimum atomic E-state index is -0.308. The third-order valence-corrected chi connectivity index (χ3v) is 3.19. The van der Waals surface area contributed by atoms with Crippen molar-refractivity contribution in [1.82, 2.24) is 10.1 Å². The molecule has 0 spiro atoms. The van der Waals surface area contributed by atoms with E-state index >= 15 is 0 Å². The molecule has 2 rings (SSSR count). The number of nitriles is 1. The highest BCUT2D eigenvalue weighted by atomic mass is 35.5. The summed E-state index contributed by atoms with van der Waals surface area (Å²) < 4.78 is 5.09. The van der Waals surface area contributed by atoms with E-state index in [-0.39, 0.29) is 17.6 Å². The van der Waals surface area contributed by atoms with Gasteiger partial charge in [-0.05, 0) is 19.1 Å². The van der Waals surface area contributed by atoms with E-state index in [4.69, 9.17) is 21.4 Å². The van der Waals surface area contributed by atoms with Crippen molar-refractivity contribution < 1.29 is 9.32 Å².